The molecule has 1 saturated carbocycles. The molecule has 2 atom stereocenters. The second kappa shape index (κ2) is 2.59. The molecule has 3 N–H and O–H groups in total. The van der Waals surface area contributed by atoms with E-state index in [1.807, 2.05) is 12.1 Å². The molecule has 1 aliphatic rings. The average molecular weight is 181 g/mol. The molecule has 0 aromatic carbocycles. The maximum absolute atomic E-state index is 9.27. The van der Waals surface area contributed by atoms with Crippen LogP contribution in [-0.4, -0.2) is 18.3 Å². The van der Waals surface area contributed by atoms with Crippen LogP contribution in [0.4, 0.5) is 0 Å². The van der Waals surface area contributed by atoms with Gasteiger partial charge in [-0.3, -0.25) is 0 Å². The Kier molecular flexibility index (Phi) is 1.75. The molecule has 3 nitrogen and oxygen atoms in total. The number of rotatable bonds is 3. The molecule has 0 bridgehead atoms. The summed E-state index contributed by atoms with van der Waals surface area (Å²) in [6, 6.07) is 3.82. The van der Waals surface area contributed by atoms with E-state index in [2.05, 4.69) is 6.92 Å². The molecule has 0 aliphatic heterocycles. The molecule has 72 valence electrons. The van der Waals surface area contributed by atoms with Crippen LogP contribution in [0.3, 0.4) is 0 Å². The van der Waals surface area contributed by atoms with Crippen molar-refractivity contribution < 1.29 is 9.52 Å². The first-order valence-corrected chi connectivity index (χ1v) is 4.53. The van der Waals surface area contributed by atoms with E-state index >= 15 is 0 Å². The van der Waals surface area contributed by atoms with Crippen molar-refractivity contribution in [2.24, 2.45) is 11.1 Å². The van der Waals surface area contributed by atoms with Gasteiger partial charge in [-0.05, 0) is 18.6 Å². The lowest BCUT2D eigenvalue weighted by molar-refractivity contribution is 0.192. The van der Waals surface area contributed by atoms with E-state index in [-0.39, 0.29) is 17.4 Å². The van der Waals surface area contributed by atoms with Gasteiger partial charge in [0, 0.05) is 17.4 Å². The fraction of sp³-hybridized carbons (Fsp3) is 0.600. The van der Waals surface area contributed by atoms with Gasteiger partial charge in [0.15, 0.2) is 0 Å². The molecule has 1 fully saturated rings. The van der Waals surface area contributed by atoms with Crippen LogP contribution in [0.1, 0.15) is 19.1 Å². The summed E-state index contributed by atoms with van der Waals surface area (Å²) in [5, 5.41) is 9.27. The SMILES string of the molecule is CC1(c2ccco2)CC1(CN)CO. The zero-order valence-electron chi connectivity index (χ0n) is 7.79. The molecular formula is C10H15NO2. The molecule has 2 rings (SSSR count). The molecule has 13 heavy (non-hydrogen) atoms. The Bertz CT molecular complexity index is 290. The van der Waals surface area contributed by atoms with Crippen LogP contribution in [0.15, 0.2) is 22.8 Å². The lowest BCUT2D eigenvalue weighted by Crippen LogP contribution is -2.27. The molecule has 1 heterocycles. The third kappa shape index (κ3) is 0.974. The van der Waals surface area contributed by atoms with Gasteiger partial charge in [-0.15, -0.1) is 0 Å². The molecule has 3 heteroatoms. The first kappa shape index (κ1) is 8.78. The average Bonchev–Trinajstić information content (AvgIpc) is 2.58. The van der Waals surface area contributed by atoms with E-state index in [0.717, 1.165) is 12.2 Å². The number of hydrogen-bond donors (Lipinski definition) is 2. The minimum Gasteiger partial charge on any atom is -0.469 e. The summed E-state index contributed by atoms with van der Waals surface area (Å²) in [5.41, 5.74) is 5.46. The van der Waals surface area contributed by atoms with Gasteiger partial charge in [-0.25, -0.2) is 0 Å². The monoisotopic (exact) mass is 181 g/mol. The summed E-state index contributed by atoms with van der Waals surface area (Å²) in [6.07, 6.45) is 2.58. The Morgan fingerprint density at radius 3 is 2.85 bits per heavy atom. The highest BCUT2D eigenvalue weighted by atomic mass is 16.3. The Morgan fingerprint density at radius 2 is 2.46 bits per heavy atom. The maximum atomic E-state index is 9.27. The quantitative estimate of drug-likeness (QED) is 0.727. The Morgan fingerprint density at radius 1 is 1.69 bits per heavy atom. The van der Waals surface area contributed by atoms with Crippen molar-refractivity contribution in [2.45, 2.75) is 18.8 Å². The maximum Gasteiger partial charge on any atom is 0.110 e. The van der Waals surface area contributed by atoms with Gasteiger partial charge < -0.3 is 15.3 Å². The Labute approximate surface area is 77.5 Å². The largest absolute Gasteiger partial charge is 0.469 e. The number of aliphatic hydroxyl groups is 1. The number of nitrogens with two attached hydrogens (primary N) is 1. The van der Waals surface area contributed by atoms with Gasteiger partial charge in [-0.2, -0.15) is 0 Å². The highest BCUT2D eigenvalue weighted by Gasteiger charge is 2.65. The van der Waals surface area contributed by atoms with Crippen molar-refractivity contribution in [3.05, 3.63) is 24.2 Å². The van der Waals surface area contributed by atoms with Crippen LogP contribution in [0, 0.1) is 5.41 Å². The van der Waals surface area contributed by atoms with Gasteiger partial charge in [0.05, 0.1) is 12.9 Å². The summed E-state index contributed by atoms with van der Waals surface area (Å²) in [7, 11) is 0. The predicted molar refractivity (Wildman–Crippen MR) is 49.3 cm³/mol. The first-order chi connectivity index (χ1) is 6.18. The van der Waals surface area contributed by atoms with E-state index in [0.29, 0.717) is 6.54 Å². The smallest absolute Gasteiger partial charge is 0.110 e. The van der Waals surface area contributed by atoms with Gasteiger partial charge in [-0.1, -0.05) is 6.92 Å². The Hall–Kier alpha value is -0.800. The van der Waals surface area contributed by atoms with Crippen LogP contribution >= 0.6 is 0 Å². The second-order valence-electron chi connectivity index (χ2n) is 4.13. The highest BCUT2D eigenvalue weighted by molar-refractivity contribution is 5.31. The van der Waals surface area contributed by atoms with Crippen LogP contribution in [0.5, 0.6) is 0 Å². The van der Waals surface area contributed by atoms with Crippen molar-refractivity contribution in [1.82, 2.24) is 0 Å². The Balaban J connectivity index is 2.27. The zero-order valence-corrected chi connectivity index (χ0v) is 7.79. The minimum atomic E-state index is -0.148. The molecule has 1 aromatic rings. The number of furan rings is 1. The van der Waals surface area contributed by atoms with Crippen LogP contribution < -0.4 is 5.73 Å². The molecule has 0 saturated heterocycles. The molecule has 0 amide bonds. The standard InChI is InChI=1S/C10H15NO2/c1-9(8-3-2-4-13-8)5-10(9,6-11)7-12/h2-4,12H,5-7,11H2,1H3. The van der Waals surface area contributed by atoms with Crippen LogP contribution in [0.2, 0.25) is 0 Å². The normalized spacial score (nSPS) is 37.8. The summed E-state index contributed by atoms with van der Waals surface area (Å²) in [5.74, 6) is 0.937. The van der Waals surface area contributed by atoms with E-state index in [1.165, 1.54) is 0 Å². The van der Waals surface area contributed by atoms with E-state index < -0.39 is 0 Å². The second-order valence-corrected chi connectivity index (χ2v) is 4.13. The highest BCUT2D eigenvalue weighted by Crippen LogP contribution is 2.63. The molecule has 2 unspecified atom stereocenters. The lowest BCUT2D eigenvalue weighted by Gasteiger charge is -2.16. The molecule has 1 aromatic heterocycles. The third-order valence-electron chi connectivity index (χ3n) is 3.50. The van der Waals surface area contributed by atoms with Crippen molar-refractivity contribution >= 4 is 0 Å². The van der Waals surface area contributed by atoms with Gasteiger partial charge in [0.2, 0.25) is 0 Å². The van der Waals surface area contributed by atoms with Crippen molar-refractivity contribution in [1.29, 1.82) is 0 Å². The molecular weight excluding hydrogens is 166 g/mol. The van der Waals surface area contributed by atoms with E-state index in [1.54, 1.807) is 6.26 Å². The van der Waals surface area contributed by atoms with Crippen molar-refractivity contribution in [2.75, 3.05) is 13.2 Å². The van der Waals surface area contributed by atoms with E-state index in [4.69, 9.17) is 10.2 Å². The van der Waals surface area contributed by atoms with Crippen LogP contribution in [0.25, 0.3) is 0 Å². The van der Waals surface area contributed by atoms with Crippen LogP contribution in [-0.2, 0) is 5.41 Å². The minimum absolute atomic E-state index is 0.0556. The number of aliphatic hydroxyl groups excluding tert-OH is 1. The topological polar surface area (TPSA) is 59.4 Å². The molecule has 0 radical (unpaired) electrons. The zero-order chi connectivity index (χ0) is 9.53. The molecule has 1 aliphatic carbocycles. The first-order valence-electron chi connectivity index (χ1n) is 4.53. The van der Waals surface area contributed by atoms with Gasteiger partial charge in [0.1, 0.15) is 5.76 Å². The predicted octanol–water partition coefficient (Wildman–Crippen LogP) is 0.878. The summed E-state index contributed by atoms with van der Waals surface area (Å²) >= 11 is 0. The third-order valence-corrected chi connectivity index (χ3v) is 3.50. The summed E-state index contributed by atoms with van der Waals surface area (Å²) in [4.78, 5) is 0. The van der Waals surface area contributed by atoms with Gasteiger partial charge in [0.25, 0.3) is 0 Å². The fourth-order valence-electron chi connectivity index (χ4n) is 2.17. The van der Waals surface area contributed by atoms with E-state index in [9.17, 15) is 5.11 Å². The lowest BCUT2D eigenvalue weighted by atomic mass is 9.93. The molecule has 0 spiro atoms. The van der Waals surface area contributed by atoms with Gasteiger partial charge >= 0.3 is 0 Å². The van der Waals surface area contributed by atoms with Crippen molar-refractivity contribution in [3.63, 3.8) is 0 Å². The summed E-state index contributed by atoms with van der Waals surface area (Å²) < 4.78 is 5.35. The fourth-order valence-corrected chi connectivity index (χ4v) is 2.17. The summed E-state index contributed by atoms with van der Waals surface area (Å²) in [6.45, 7) is 2.75. The number of hydrogen-bond acceptors (Lipinski definition) is 3. The van der Waals surface area contributed by atoms with Crippen molar-refractivity contribution in [3.8, 4) is 0 Å².